The molecule has 0 aliphatic heterocycles. The van der Waals surface area contributed by atoms with Crippen LogP contribution in [0.4, 0.5) is 0 Å². The van der Waals surface area contributed by atoms with Gasteiger partial charge in [-0.05, 0) is 37.8 Å². The van der Waals surface area contributed by atoms with Gasteiger partial charge in [0.2, 0.25) is 0 Å². The number of benzene rings is 1. The van der Waals surface area contributed by atoms with E-state index in [9.17, 15) is 0 Å². The number of hydrogen-bond donors (Lipinski definition) is 2. The Bertz CT molecular complexity index is 429. The van der Waals surface area contributed by atoms with Gasteiger partial charge in [0.15, 0.2) is 5.96 Å². The van der Waals surface area contributed by atoms with E-state index >= 15 is 0 Å². The molecule has 4 nitrogen and oxygen atoms in total. The first kappa shape index (κ1) is 16.3. The monoisotopic (exact) mass is 277 g/mol. The fourth-order valence-corrected chi connectivity index (χ4v) is 1.71. The smallest absolute Gasteiger partial charge is 0.188 e. The second-order valence-electron chi connectivity index (χ2n) is 5.53. The quantitative estimate of drug-likeness (QED) is 0.595. The van der Waals surface area contributed by atoms with Gasteiger partial charge in [-0.25, -0.2) is 4.99 Å². The van der Waals surface area contributed by atoms with Crippen LogP contribution < -0.4 is 15.8 Å². The molecule has 0 fully saturated rings. The van der Waals surface area contributed by atoms with E-state index in [2.05, 4.69) is 24.2 Å². The zero-order valence-electron chi connectivity index (χ0n) is 13.0. The Kier molecular flexibility index (Phi) is 6.91. The summed E-state index contributed by atoms with van der Waals surface area (Å²) in [6, 6.07) is 7.98. The summed E-state index contributed by atoms with van der Waals surface area (Å²) < 4.78 is 5.85. The van der Waals surface area contributed by atoms with Crippen molar-refractivity contribution in [3.8, 4) is 5.75 Å². The van der Waals surface area contributed by atoms with Crippen molar-refractivity contribution in [1.29, 1.82) is 0 Å². The standard InChI is InChI=1S/C16H27N3O/c1-12(2)9-10-18-16(17)19-11-14(4)20-15-8-6-5-7-13(15)3/h5-8,12,14H,9-11H2,1-4H3,(H3,17,18,19). The Morgan fingerprint density at radius 1 is 1.30 bits per heavy atom. The second kappa shape index (κ2) is 8.46. The van der Waals surface area contributed by atoms with Crippen LogP contribution in [-0.2, 0) is 0 Å². The topological polar surface area (TPSA) is 59.6 Å². The first-order valence-corrected chi connectivity index (χ1v) is 7.25. The third kappa shape index (κ3) is 6.45. The van der Waals surface area contributed by atoms with Crippen LogP contribution in [0.2, 0.25) is 0 Å². The van der Waals surface area contributed by atoms with E-state index in [0.717, 1.165) is 24.3 Å². The van der Waals surface area contributed by atoms with E-state index in [0.29, 0.717) is 18.4 Å². The molecule has 1 aromatic rings. The van der Waals surface area contributed by atoms with Gasteiger partial charge in [-0.2, -0.15) is 0 Å². The Morgan fingerprint density at radius 3 is 2.65 bits per heavy atom. The summed E-state index contributed by atoms with van der Waals surface area (Å²) in [5.41, 5.74) is 6.95. The molecule has 0 bridgehead atoms. The molecule has 0 heterocycles. The van der Waals surface area contributed by atoms with Gasteiger partial charge >= 0.3 is 0 Å². The number of aliphatic imine (C=N–C) groups is 1. The molecule has 1 aromatic carbocycles. The summed E-state index contributed by atoms with van der Waals surface area (Å²) >= 11 is 0. The van der Waals surface area contributed by atoms with Crippen molar-refractivity contribution in [2.45, 2.75) is 40.2 Å². The van der Waals surface area contributed by atoms with Gasteiger partial charge in [-0.1, -0.05) is 32.0 Å². The van der Waals surface area contributed by atoms with Gasteiger partial charge in [-0.15, -0.1) is 0 Å². The van der Waals surface area contributed by atoms with Crippen molar-refractivity contribution in [3.63, 3.8) is 0 Å². The predicted octanol–water partition coefficient (Wildman–Crippen LogP) is 2.71. The molecule has 1 atom stereocenters. The molecule has 0 saturated carbocycles. The fraction of sp³-hybridized carbons (Fsp3) is 0.562. The number of ether oxygens (including phenoxy) is 1. The number of rotatable bonds is 7. The highest BCUT2D eigenvalue weighted by Gasteiger charge is 2.05. The van der Waals surface area contributed by atoms with Crippen molar-refractivity contribution in [2.24, 2.45) is 16.6 Å². The van der Waals surface area contributed by atoms with E-state index < -0.39 is 0 Å². The minimum Gasteiger partial charge on any atom is -0.489 e. The molecule has 112 valence electrons. The Labute approximate surface area is 122 Å². The van der Waals surface area contributed by atoms with Crippen LogP contribution in [0.5, 0.6) is 5.75 Å². The van der Waals surface area contributed by atoms with E-state index in [1.54, 1.807) is 0 Å². The molecule has 1 unspecified atom stereocenters. The maximum Gasteiger partial charge on any atom is 0.188 e. The Balaban J connectivity index is 2.35. The van der Waals surface area contributed by atoms with Crippen molar-refractivity contribution in [2.75, 3.05) is 13.1 Å². The lowest BCUT2D eigenvalue weighted by Gasteiger charge is -2.15. The van der Waals surface area contributed by atoms with Crippen LogP contribution in [0.25, 0.3) is 0 Å². The highest BCUT2D eigenvalue weighted by atomic mass is 16.5. The first-order valence-electron chi connectivity index (χ1n) is 7.25. The minimum atomic E-state index is 0.00143. The van der Waals surface area contributed by atoms with Gasteiger partial charge in [0.1, 0.15) is 11.9 Å². The van der Waals surface area contributed by atoms with Gasteiger partial charge in [0.05, 0.1) is 6.54 Å². The van der Waals surface area contributed by atoms with Gasteiger partial charge in [-0.3, -0.25) is 0 Å². The van der Waals surface area contributed by atoms with Crippen LogP contribution >= 0.6 is 0 Å². The minimum absolute atomic E-state index is 0.00143. The van der Waals surface area contributed by atoms with Crippen LogP contribution in [-0.4, -0.2) is 25.2 Å². The lowest BCUT2D eigenvalue weighted by Crippen LogP contribution is -2.34. The molecule has 3 N–H and O–H groups in total. The largest absolute Gasteiger partial charge is 0.489 e. The maximum atomic E-state index is 5.85. The summed E-state index contributed by atoms with van der Waals surface area (Å²) in [4.78, 5) is 4.31. The molecule has 4 heteroatoms. The van der Waals surface area contributed by atoms with Crippen LogP contribution in [0.3, 0.4) is 0 Å². The van der Waals surface area contributed by atoms with Crippen LogP contribution in [0.15, 0.2) is 29.3 Å². The molecule has 0 spiro atoms. The van der Waals surface area contributed by atoms with E-state index in [4.69, 9.17) is 10.5 Å². The summed E-state index contributed by atoms with van der Waals surface area (Å²) in [5, 5.41) is 3.12. The van der Waals surface area contributed by atoms with E-state index in [-0.39, 0.29) is 6.10 Å². The van der Waals surface area contributed by atoms with Crippen molar-refractivity contribution in [1.82, 2.24) is 5.32 Å². The summed E-state index contributed by atoms with van der Waals surface area (Å²) in [7, 11) is 0. The summed E-state index contributed by atoms with van der Waals surface area (Å²) in [5.74, 6) is 2.06. The molecular formula is C16H27N3O. The molecular weight excluding hydrogens is 250 g/mol. The normalized spacial score (nSPS) is 13.3. The SMILES string of the molecule is Cc1ccccc1OC(C)CN=C(N)NCCC(C)C. The molecule has 0 aliphatic rings. The molecule has 20 heavy (non-hydrogen) atoms. The molecule has 0 amide bonds. The molecule has 0 saturated heterocycles. The first-order chi connectivity index (χ1) is 9.49. The second-order valence-corrected chi connectivity index (χ2v) is 5.53. The predicted molar refractivity (Wildman–Crippen MR) is 85.2 cm³/mol. The number of guanidine groups is 1. The fourth-order valence-electron chi connectivity index (χ4n) is 1.71. The van der Waals surface area contributed by atoms with Crippen LogP contribution in [0, 0.1) is 12.8 Å². The molecule has 0 aliphatic carbocycles. The zero-order chi connectivity index (χ0) is 15.0. The highest BCUT2D eigenvalue weighted by Crippen LogP contribution is 2.17. The Morgan fingerprint density at radius 2 is 2.00 bits per heavy atom. The number of nitrogens with zero attached hydrogens (tertiary/aromatic N) is 1. The van der Waals surface area contributed by atoms with E-state index in [1.165, 1.54) is 0 Å². The van der Waals surface area contributed by atoms with Crippen molar-refractivity contribution < 1.29 is 4.74 Å². The van der Waals surface area contributed by atoms with E-state index in [1.807, 2.05) is 38.1 Å². The Hall–Kier alpha value is -1.71. The average molecular weight is 277 g/mol. The number of hydrogen-bond acceptors (Lipinski definition) is 2. The molecule has 1 rings (SSSR count). The highest BCUT2D eigenvalue weighted by molar-refractivity contribution is 5.77. The summed E-state index contributed by atoms with van der Waals surface area (Å²) in [6.45, 7) is 9.82. The van der Waals surface area contributed by atoms with Gasteiger partial charge in [0, 0.05) is 6.54 Å². The number of nitrogens with two attached hydrogens (primary N) is 1. The zero-order valence-corrected chi connectivity index (χ0v) is 13.0. The average Bonchev–Trinajstić information content (AvgIpc) is 2.39. The van der Waals surface area contributed by atoms with Gasteiger partial charge in [0.25, 0.3) is 0 Å². The summed E-state index contributed by atoms with van der Waals surface area (Å²) in [6.07, 6.45) is 1.09. The number of para-hydroxylation sites is 1. The molecule has 0 radical (unpaired) electrons. The molecule has 0 aromatic heterocycles. The van der Waals surface area contributed by atoms with Crippen LogP contribution in [0.1, 0.15) is 32.8 Å². The third-order valence-corrected chi connectivity index (χ3v) is 2.97. The maximum absolute atomic E-state index is 5.85. The number of nitrogens with one attached hydrogen (secondary N) is 1. The van der Waals surface area contributed by atoms with Gasteiger partial charge < -0.3 is 15.8 Å². The lowest BCUT2D eigenvalue weighted by molar-refractivity contribution is 0.229. The van der Waals surface area contributed by atoms with Crippen molar-refractivity contribution >= 4 is 5.96 Å². The third-order valence-electron chi connectivity index (χ3n) is 2.97. The lowest BCUT2D eigenvalue weighted by atomic mass is 10.1. The van der Waals surface area contributed by atoms with Crippen molar-refractivity contribution in [3.05, 3.63) is 29.8 Å². The number of aryl methyl sites for hydroxylation is 1.